The van der Waals surface area contributed by atoms with Gasteiger partial charge in [-0.2, -0.15) is 9.29 Å². The van der Waals surface area contributed by atoms with Crippen LogP contribution < -0.4 is 5.32 Å². The van der Waals surface area contributed by atoms with Gasteiger partial charge in [-0.25, -0.2) is 18.4 Å². The highest BCUT2D eigenvalue weighted by Crippen LogP contribution is 2.26. The second-order valence-corrected chi connectivity index (χ2v) is 7.12. The van der Waals surface area contributed by atoms with E-state index in [1.54, 1.807) is 32.0 Å². The number of nitrogens with one attached hydrogen (secondary N) is 1. The molecule has 0 fully saturated rings. The Morgan fingerprint density at radius 3 is 2.55 bits per heavy atom. The highest BCUT2D eigenvalue weighted by molar-refractivity contribution is 7.89. The van der Waals surface area contributed by atoms with Crippen molar-refractivity contribution in [3.8, 4) is 0 Å². The molecule has 0 saturated carbocycles. The molecule has 0 amide bonds. The molecule has 1 N–H and O–H groups in total. The summed E-state index contributed by atoms with van der Waals surface area (Å²) in [5.41, 5.74) is 0.372. The van der Waals surface area contributed by atoms with Crippen LogP contribution in [0.2, 0.25) is 5.28 Å². The molecule has 1 aromatic heterocycles. The Morgan fingerprint density at radius 1 is 1.23 bits per heavy atom. The van der Waals surface area contributed by atoms with E-state index in [0.717, 1.165) is 0 Å². The van der Waals surface area contributed by atoms with E-state index in [4.69, 9.17) is 11.6 Å². The van der Waals surface area contributed by atoms with E-state index in [-0.39, 0.29) is 22.2 Å². The van der Waals surface area contributed by atoms with Crippen molar-refractivity contribution < 1.29 is 8.42 Å². The molecule has 0 aliphatic carbocycles. The van der Waals surface area contributed by atoms with Gasteiger partial charge < -0.3 is 5.32 Å². The fraction of sp³-hybridized carbons (Fsp3) is 0.308. The molecular formula is C13H16ClN5O2S. The summed E-state index contributed by atoms with van der Waals surface area (Å²) in [5, 5.41) is 2.89. The first-order chi connectivity index (χ1) is 10.3. The van der Waals surface area contributed by atoms with Gasteiger partial charge in [-0.3, -0.25) is 0 Å². The maximum Gasteiger partial charge on any atom is 0.245 e. The Balaban J connectivity index is 2.43. The van der Waals surface area contributed by atoms with E-state index in [9.17, 15) is 8.42 Å². The minimum Gasteiger partial charge on any atom is -0.323 e. The number of hydrogen-bond donors (Lipinski definition) is 1. The summed E-state index contributed by atoms with van der Waals surface area (Å²) in [7, 11) is -2.09. The zero-order valence-electron chi connectivity index (χ0n) is 12.4. The van der Waals surface area contributed by atoms with Gasteiger partial charge in [0.25, 0.3) is 0 Å². The smallest absolute Gasteiger partial charge is 0.245 e. The fourth-order valence-electron chi connectivity index (χ4n) is 1.68. The van der Waals surface area contributed by atoms with Gasteiger partial charge in [0.05, 0.1) is 5.69 Å². The highest BCUT2D eigenvalue weighted by atomic mass is 35.5. The predicted octanol–water partition coefficient (Wildman–Crippen LogP) is 2.30. The molecule has 9 heteroatoms. The number of anilines is 2. The molecule has 1 heterocycles. The zero-order chi connectivity index (χ0) is 16.3. The third kappa shape index (κ3) is 3.52. The van der Waals surface area contributed by atoms with E-state index in [1.807, 2.05) is 0 Å². The first-order valence-electron chi connectivity index (χ1n) is 6.51. The quantitative estimate of drug-likeness (QED) is 0.897. The summed E-state index contributed by atoms with van der Waals surface area (Å²) in [4.78, 5) is 11.6. The molecule has 2 aromatic rings. The van der Waals surface area contributed by atoms with Gasteiger partial charge >= 0.3 is 0 Å². The molecular weight excluding hydrogens is 326 g/mol. The van der Waals surface area contributed by atoms with Gasteiger partial charge in [-0.1, -0.05) is 12.1 Å². The van der Waals surface area contributed by atoms with Crippen molar-refractivity contribution in [2.24, 2.45) is 0 Å². The summed E-state index contributed by atoms with van der Waals surface area (Å²) in [6, 6.07) is 6.38. The number of sulfonamides is 1. The van der Waals surface area contributed by atoms with Crippen LogP contribution in [0.15, 0.2) is 35.5 Å². The second kappa shape index (κ2) is 6.55. The lowest BCUT2D eigenvalue weighted by Crippen LogP contribution is -2.33. The second-order valence-electron chi connectivity index (χ2n) is 4.81. The molecule has 0 aliphatic rings. The molecule has 0 saturated heterocycles. The number of para-hydroxylation sites is 1. The standard InChI is InChI=1S/C13H16ClN5O2S/c1-9(2)19(3)22(20,21)11-7-5-4-6-10(11)17-13-16-8-15-12(14)18-13/h4-9H,1-3H3,(H,15,16,17,18). The van der Waals surface area contributed by atoms with Crippen LogP contribution in [0.4, 0.5) is 11.6 Å². The molecule has 0 spiro atoms. The largest absolute Gasteiger partial charge is 0.323 e. The SMILES string of the molecule is CC(C)N(C)S(=O)(=O)c1ccccc1Nc1ncnc(Cl)n1. The average molecular weight is 342 g/mol. The predicted molar refractivity (Wildman–Crippen MR) is 84.6 cm³/mol. The van der Waals surface area contributed by atoms with Crippen LogP contribution in [0.1, 0.15) is 13.8 Å². The Kier molecular flexibility index (Phi) is 4.94. The maximum atomic E-state index is 12.7. The monoisotopic (exact) mass is 341 g/mol. The molecule has 0 bridgehead atoms. The summed E-state index contributed by atoms with van der Waals surface area (Å²) >= 11 is 5.70. The molecule has 1 aromatic carbocycles. The number of benzene rings is 1. The van der Waals surface area contributed by atoms with Crippen molar-refractivity contribution >= 4 is 33.3 Å². The normalized spacial score (nSPS) is 11.9. The molecule has 118 valence electrons. The Labute approximate surface area is 134 Å². The van der Waals surface area contributed by atoms with Crippen molar-refractivity contribution in [1.82, 2.24) is 19.3 Å². The van der Waals surface area contributed by atoms with Crippen molar-refractivity contribution in [2.75, 3.05) is 12.4 Å². The number of aromatic nitrogens is 3. The van der Waals surface area contributed by atoms with E-state index < -0.39 is 10.0 Å². The van der Waals surface area contributed by atoms with Gasteiger partial charge in [0, 0.05) is 13.1 Å². The topological polar surface area (TPSA) is 88.1 Å². The number of halogens is 1. The van der Waals surface area contributed by atoms with E-state index >= 15 is 0 Å². The van der Waals surface area contributed by atoms with E-state index in [0.29, 0.717) is 5.69 Å². The first kappa shape index (κ1) is 16.6. The lowest BCUT2D eigenvalue weighted by atomic mass is 10.3. The molecule has 0 atom stereocenters. The molecule has 0 unspecified atom stereocenters. The Morgan fingerprint density at radius 2 is 1.91 bits per heavy atom. The van der Waals surface area contributed by atoms with Gasteiger partial charge in [0.1, 0.15) is 11.2 Å². The summed E-state index contributed by atoms with van der Waals surface area (Å²) in [6.07, 6.45) is 1.25. The zero-order valence-corrected chi connectivity index (χ0v) is 13.9. The highest BCUT2D eigenvalue weighted by Gasteiger charge is 2.25. The van der Waals surface area contributed by atoms with E-state index in [1.165, 1.54) is 23.7 Å². The van der Waals surface area contributed by atoms with Crippen LogP contribution in [0, 0.1) is 0 Å². The lowest BCUT2D eigenvalue weighted by molar-refractivity contribution is 0.411. The van der Waals surface area contributed by atoms with Gasteiger partial charge in [-0.05, 0) is 37.6 Å². The van der Waals surface area contributed by atoms with E-state index in [2.05, 4.69) is 20.3 Å². The average Bonchev–Trinajstić information content (AvgIpc) is 2.46. The lowest BCUT2D eigenvalue weighted by Gasteiger charge is -2.22. The molecule has 7 nitrogen and oxygen atoms in total. The summed E-state index contributed by atoms with van der Waals surface area (Å²) in [6.45, 7) is 3.61. The van der Waals surface area contributed by atoms with Gasteiger partial charge in [0.2, 0.25) is 21.3 Å². The number of nitrogens with zero attached hydrogens (tertiary/aromatic N) is 4. The Bertz CT molecular complexity index is 767. The molecule has 2 rings (SSSR count). The third-order valence-corrected chi connectivity index (χ3v) is 5.33. The van der Waals surface area contributed by atoms with Crippen molar-refractivity contribution in [3.63, 3.8) is 0 Å². The van der Waals surface area contributed by atoms with Crippen LogP contribution in [-0.4, -0.2) is 40.8 Å². The van der Waals surface area contributed by atoms with Gasteiger partial charge in [0.15, 0.2) is 0 Å². The summed E-state index contributed by atoms with van der Waals surface area (Å²) < 4.78 is 26.6. The van der Waals surface area contributed by atoms with Crippen LogP contribution >= 0.6 is 11.6 Å². The maximum absolute atomic E-state index is 12.7. The number of hydrogen-bond acceptors (Lipinski definition) is 6. The molecule has 0 radical (unpaired) electrons. The number of rotatable bonds is 5. The minimum atomic E-state index is -3.63. The molecule has 22 heavy (non-hydrogen) atoms. The first-order valence-corrected chi connectivity index (χ1v) is 8.33. The van der Waals surface area contributed by atoms with Gasteiger partial charge in [-0.15, -0.1) is 0 Å². The van der Waals surface area contributed by atoms with Crippen LogP contribution in [0.25, 0.3) is 0 Å². The van der Waals surface area contributed by atoms with Crippen LogP contribution in [0.5, 0.6) is 0 Å². The van der Waals surface area contributed by atoms with Crippen molar-refractivity contribution in [1.29, 1.82) is 0 Å². The Hall–Kier alpha value is -1.77. The van der Waals surface area contributed by atoms with Crippen LogP contribution in [-0.2, 0) is 10.0 Å². The van der Waals surface area contributed by atoms with Crippen molar-refractivity contribution in [3.05, 3.63) is 35.9 Å². The fourth-order valence-corrected chi connectivity index (χ4v) is 3.32. The molecule has 0 aliphatic heterocycles. The van der Waals surface area contributed by atoms with Crippen LogP contribution in [0.3, 0.4) is 0 Å². The summed E-state index contributed by atoms with van der Waals surface area (Å²) in [5.74, 6) is 0.176. The minimum absolute atomic E-state index is 0.0251. The third-order valence-electron chi connectivity index (χ3n) is 3.06. The van der Waals surface area contributed by atoms with Crippen molar-refractivity contribution in [2.45, 2.75) is 24.8 Å².